The SMILES string of the molecule is N=C(N)c1ccnc(N2CCC(c3ccccc3)C2)n1. The van der Waals surface area contributed by atoms with Crippen molar-refractivity contribution in [1.29, 1.82) is 5.41 Å². The Balaban J connectivity index is 1.77. The summed E-state index contributed by atoms with van der Waals surface area (Å²) in [7, 11) is 0. The van der Waals surface area contributed by atoms with E-state index in [9.17, 15) is 0 Å². The van der Waals surface area contributed by atoms with E-state index in [-0.39, 0.29) is 5.84 Å². The largest absolute Gasteiger partial charge is 0.382 e. The Bertz CT molecular complexity index is 611. The quantitative estimate of drug-likeness (QED) is 0.656. The van der Waals surface area contributed by atoms with E-state index in [0.29, 0.717) is 17.6 Å². The molecule has 0 radical (unpaired) electrons. The number of hydrogen-bond donors (Lipinski definition) is 2. The molecule has 2 aromatic rings. The summed E-state index contributed by atoms with van der Waals surface area (Å²) in [4.78, 5) is 10.8. The highest BCUT2D eigenvalue weighted by molar-refractivity contribution is 5.93. The summed E-state index contributed by atoms with van der Waals surface area (Å²) in [6.07, 6.45) is 2.76. The van der Waals surface area contributed by atoms with Crippen LogP contribution in [-0.4, -0.2) is 28.9 Å². The molecule has 1 aromatic carbocycles. The van der Waals surface area contributed by atoms with Gasteiger partial charge in [-0.15, -0.1) is 0 Å². The molecule has 1 fully saturated rings. The van der Waals surface area contributed by atoms with Crippen LogP contribution in [0.15, 0.2) is 42.6 Å². The molecule has 0 amide bonds. The third kappa shape index (κ3) is 2.47. The molecule has 0 spiro atoms. The summed E-state index contributed by atoms with van der Waals surface area (Å²) in [5.41, 5.74) is 7.32. The standard InChI is InChI=1S/C15H17N5/c16-14(17)13-6-8-18-15(19-13)20-9-7-12(10-20)11-4-2-1-3-5-11/h1-6,8,12H,7,9-10H2,(H3,16,17). The normalized spacial score (nSPS) is 18.2. The molecule has 0 bridgehead atoms. The maximum atomic E-state index is 7.45. The summed E-state index contributed by atoms with van der Waals surface area (Å²) in [5.74, 6) is 1.16. The van der Waals surface area contributed by atoms with Gasteiger partial charge < -0.3 is 10.6 Å². The van der Waals surface area contributed by atoms with Crippen LogP contribution < -0.4 is 10.6 Å². The summed E-state index contributed by atoms with van der Waals surface area (Å²) in [6, 6.07) is 12.2. The molecule has 1 unspecified atom stereocenters. The fourth-order valence-corrected chi connectivity index (χ4v) is 2.59. The van der Waals surface area contributed by atoms with Gasteiger partial charge >= 0.3 is 0 Å². The number of anilines is 1. The smallest absolute Gasteiger partial charge is 0.225 e. The molecule has 0 saturated carbocycles. The zero-order valence-electron chi connectivity index (χ0n) is 11.2. The number of benzene rings is 1. The first kappa shape index (κ1) is 12.6. The molecular formula is C15H17N5. The second kappa shape index (κ2) is 5.28. The topological polar surface area (TPSA) is 78.9 Å². The number of aromatic nitrogens is 2. The van der Waals surface area contributed by atoms with Crippen molar-refractivity contribution in [3.05, 3.63) is 53.9 Å². The third-order valence-electron chi connectivity index (χ3n) is 3.66. The Morgan fingerprint density at radius 3 is 2.80 bits per heavy atom. The molecule has 5 heteroatoms. The van der Waals surface area contributed by atoms with Crippen LogP contribution in [0.25, 0.3) is 0 Å². The summed E-state index contributed by atoms with van der Waals surface area (Å²) in [5, 5.41) is 7.45. The lowest BCUT2D eigenvalue weighted by Crippen LogP contribution is -2.23. The number of nitrogen functional groups attached to an aromatic ring is 1. The van der Waals surface area contributed by atoms with Gasteiger partial charge in [-0.2, -0.15) is 0 Å². The van der Waals surface area contributed by atoms with Crippen molar-refractivity contribution in [2.24, 2.45) is 5.73 Å². The first-order valence-electron chi connectivity index (χ1n) is 6.71. The molecule has 102 valence electrons. The van der Waals surface area contributed by atoms with Gasteiger partial charge in [0.1, 0.15) is 11.5 Å². The number of amidine groups is 1. The van der Waals surface area contributed by atoms with Gasteiger partial charge in [0, 0.05) is 25.2 Å². The molecule has 1 saturated heterocycles. The van der Waals surface area contributed by atoms with E-state index >= 15 is 0 Å². The number of nitrogens with two attached hydrogens (primary N) is 1. The zero-order valence-corrected chi connectivity index (χ0v) is 11.2. The van der Waals surface area contributed by atoms with Crippen molar-refractivity contribution in [3.63, 3.8) is 0 Å². The lowest BCUT2D eigenvalue weighted by Gasteiger charge is -2.16. The van der Waals surface area contributed by atoms with Crippen LogP contribution in [0.1, 0.15) is 23.6 Å². The molecule has 1 aromatic heterocycles. The molecular weight excluding hydrogens is 250 g/mol. The van der Waals surface area contributed by atoms with Gasteiger partial charge in [-0.1, -0.05) is 30.3 Å². The predicted octanol–water partition coefficient (Wildman–Crippen LogP) is 1.75. The van der Waals surface area contributed by atoms with E-state index in [4.69, 9.17) is 11.1 Å². The van der Waals surface area contributed by atoms with Crippen LogP contribution in [0.3, 0.4) is 0 Å². The van der Waals surface area contributed by atoms with Crippen LogP contribution in [-0.2, 0) is 0 Å². The van der Waals surface area contributed by atoms with Gasteiger partial charge in [-0.25, -0.2) is 9.97 Å². The minimum Gasteiger partial charge on any atom is -0.382 e. The molecule has 1 aliphatic rings. The van der Waals surface area contributed by atoms with E-state index in [1.165, 1.54) is 5.56 Å². The van der Waals surface area contributed by atoms with Crippen LogP contribution in [0.2, 0.25) is 0 Å². The van der Waals surface area contributed by atoms with Gasteiger partial charge in [0.25, 0.3) is 0 Å². The number of nitrogens with zero attached hydrogens (tertiary/aromatic N) is 3. The molecule has 0 aliphatic carbocycles. The van der Waals surface area contributed by atoms with Crippen molar-refractivity contribution in [3.8, 4) is 0 Å². The van der Waals surface area contributed by atoms with Gasteiger partial charge in [-0.3, -0.25) is 5.41 Å². The fraction of sp³-hybridized carbons (Fsp3) is 0.267. The van der Waals surface area contributed by atoms with Crippen LogP contribution in [0.4, 0.5) is 5.95 Å². The lowest BCUT2D eigenvalue weighted by molar-refractivity contribution is 0.772. The molecule has 3 rings (SSSR count). The number of hydrogen-bond acceptors (Lipinski definition) is 4. The second-order valence-electron chi connectivity index (χ2n) is 5.00. The fourth-order valence-electron chi connectivity index (χ4n) is 2.59. The minimum atomic E-state index is -0.0209. The van der Waals surface area contributed by atoms with Crippen molar-refractivity contribution < 1.29 is 0 Å². The van der Waals surface area contributed by atoms with Gasteiger partial charge in [-0.05, 0) is 18.1 Å². The Morgan fingerprint density at radius 1 is 1.25 bits per heavy atom. The Hall–Kier alpha value is -2.43. The van der Waals surface area contributed by atoms with Gasteiger partial charge in [0.15, 0.2) is 0 Å². The highest BCUT2D eigenvalue weighted by atomic mass is 15.3. The molecule has 3 N–H and O–H groups in total. The van der Waals surface area contributed by atoms with E-state index in [2.05, 4.69) is 39.1 Å². The van der Waals surface area contributed by atoms with Gasteiger partial charge in [0.05, 0.1) is 0 Å². The molecule has 2 heterocycles. The Labute approximate surface area is 118 Å². The highest BCUT2D eigenvalue weighted by Gasteiger charge is 2.25. The molecule has 1 atom stereocenters. The third-order valence-corrected chi connectivity index (χ3v) is 3.66. The lowest BCUT2D eigenvalue weighted by atomic mass is 9.99. The van der Waals surface area contributed by atoms with E-state index in [1.807, 2.05) is 6.07 Å². The average molecular weight is 267 g/mol. The second-order valence-corrected chi connectivity index (χ2v) is 5.00. The first-order chi connectivity index (χ1) is 9.74. The summed E-state index contributed by atoms with van der Waals surface area (Å²) in [6.45, 7) is 1.84. The van der Waals surface area contributed by atoms with Crippen molar-refractivity contribution >= 4 is 11.8 Å². The molecule has 20 heavy (non-hydrogen) atoms. The van der Waals surface area contributed by atoms with Crippen molar-refractivity contribution in [2.45, 2.75) is 12.3 Å². The van der Waals surface area contributed by atoms with Crippen LogP contribution in [0, 0.1) is 5.41 Å². The van der Waals surface area contributed by atoms with Crippen LogP contribution in [0.5, 0.6) is 0 Å². The average Bonchev–Trinajstić information content (AvgIpc) is 2.98. The Kier molecular flexibility index (Phi) is 3.33. The van der Waals surface area contributed by atoms with Gasteiger partial charge in [0.2, 0.25) is 5.95 Å². The number of rotatable bonds is 3. The minimum absolute atomic E-state index is 0.0209. The maximum absolute atomic E-state index is 7.45. The highest BCUT2D eigenvalue weighted by Crippen LogP contribution is 2.28. The molecule has 5 nitrogen and oxygen atoms in total. The van der Waals surface area contributed by atoms with Crippen molar-refractivity contribution in [1.82, 2.24) is 9.97 Å². The summed E-state index contributed by atoms with van der Waals surface area (Å²) >= 11 is 0. The van der Waals surface area contributed by atoms with Crippen molar-refractivity contribution in [2.75, 3.05) is 18.0 Å². The van der Waals surface area contributed by atoms with E-state index in [1.54, 1.807) is 12.3 Å². The van der Waals surface area contributed by atoms with Crippen LogP contribution >= 0.6 is 0 Å². The Morgan fingerprint density at radius 2 is 2.05 bits per heavy atom. The number of nitrogens with one attached hydrogen (secondary N) is 1. The van der Waals surface area contributed by atoms with E-state index < -0.39 is 0 Å². The molecule has 1 aliphatic heterocycles. The first-order valence-corrected chi connectivity index (χ1v) is 6.71. The monoisotopic (exact) mass is 267 g/mol. The maximum Gasteiger partial charge on any atom is 0.225 e. The predicted molar refractivity (Wildman–Crippen MR) is 79.1 cm³/mol. The van der Waals surface area contributed by atoms with E-state index in [0.717, 1.165) is 19.5 Å². The summed E-state index contributed by atoms with van der Waals surface area (Å²) < 4.78 is 0. The zero-order chi connectivity index (χ0) is 13.9.